The third-order valence-corrected chi connectivity index (χ3v) is 5.27. The average molecular weight is 321 g/mol. The van der Waals surface area contributed by atoms with Crippen molar-refractivity contribution >= 4 is 15.7 Å². The van der Waals surface area contributed by atoms with Gasteiger partial charge in [-0.25, -0.2) is 8.42 Å². The molecule has 0 fully saturated rings. The Labute approximate surface area is 130 Å². The summed E-state index contributed by atoms with van der Waals surface area (Å²) in [4.78, 5) is 12.4. The number of carbonyl (C=O) groups is 1. The van der Waals surface area contributed by atoms with Crippen molar-refractivity contribution in [1.29, 1.82) is 0 Å². The lowest BCUT2D eigenvalue weighted by Gasteiger charge is -2.15. The van der Waals surface area contributed by atoms with Crippen molar-refractivity contribution in [3.8, 4) is 0 Å². The van der Waals surface area contributed by atoms with Crippen LogP contribution in [0.25, 0.3) is 0 Å². The summed E-state index contributed by atoms with van der Waals surface area (Å²) < 4.78 is 25.0. The van der Waals surface area contributed by atoms with Gasteiger partial charge in [0.1, 0.15) is 5.69 Å². The highest BCUT2D eigenvalue weighted by Crippen LogP contribution is 2.17. The first-order chi connectivity index (χ1) is 10.3. The fraction of sp³-hybridized carbons (Fsp3) is 0.333. The number of nitrogens with zero attached hydrogens (tertiary/aromatic N) is 2. The van der Waals surface area contributed by atoms with Gasteiger partial charge in [0.15, 0.2) is 9.84 Å². The van der Waals surface area contributed by atoms with Crippen molar-refractivity contribution in [3.63, 3.8) is 0 Å². The van der Waals surface area contributed by atoms with Crippen LogP contribution in [0.2, 0.25) is 0 Å². The Balaban J connectivity index is 2.12. The van der Waals surface area contributed by atoms with Gasteiger partial charge in [0.25, 0.3) is 5.91 Å². The standard InChI is InChI=1S/C15H19N3O3S/c1-4-22(20,21)13-7-5-12(6-8-13)11(2)17-15(19)14-9-10-16-18(14)3/h5-11H,4H2,1-3H3,(H,17,19)/t11-/m1/s1. The van der Waals surface area contributed by atoms with E-state index in [4.69, 9.17) is 0 Å². The zero-order chi connectivity index (χ0) is 16.3. The number of nitrogens with one attached hydrogen (secondary N) is 1. The minimum absolute atomic E-state index is 0.0686. The highest BCUT2D eigenvalue weighted by atomic mass is 32.2. The van der Waals surface area contributed by atoms with Crippen molar-refractivity contribution in [3.05, 3.63) is 47.8 Å². The highest BCUT2D eigenvalue weighted by Gasteiger charge is 2.16. The molecule has 7 heteroatoms. The lowest BCUT2D eigenvalue weighted by Crippen LogP contribution is -2.28. The maximum Gasteiger partial charge on any atom is 0.270 e. The van der Waals surface area contributed by atoms with Crippen LogP contribution in [0.15, 0.2) is 41.4 Å². The molecule has 0 radical (unpaired) electrons. The molecule has 1 aromatic carbocycles. The van der Waals surface area contributed by atoms with E-state index in [0.29, 0.717) is 10.6 Å². The second-order valence-electron chi connectivity index (χ2n) is 5.01. The van der Waals surface area contributed by atoms with E-state index < -0.39 is 9.84 Å². The zero-order valence-electron chi connectivity index (χ0n) is 12.8. The molecule has 6 nitrogen and oxygen atoms in total. The number of hydrogen-bond acceptors (Lipinski definition) is 4. The fourth-order valence-corrected chi connectivity index (χ4v) is 2.97. The van der Waals surface area contributed by atoms with E-state index >= 15 is 0 Å². The van der Waals surface area contributed by atoms with E-state index in [0.717, 1.165) is 5.56 Å². The molecule has 0 saturated heterocycles. The Morgan fingerprint density at radius 1 is 1.27 bits per heavy atom. The summed E-state index contributed by atoms with van der Waals surface area (Å²) in [5, 5.41) is 6.82. The van der Waals surface area contributed by atoms with Gasteiger partial charge in [-0.2, -0.15) is 5.10 Å². The van der Waals surface area contributed by atoms with Crippen LogP contribution in [0.5, 0.6) is 0 Å². The molecule has 1 atom stereocenters. The van der Waals surface area contributed by atoms with Gasteiger partial charge in [-0.1, -0.05) is 19.1 Å². The smallest absolute Gasteiger partial charge is 0.270 e. The first kappa shape index (κ1) is 16.2. The van der Waals surface area contributed by atoms with Crippen molar-refractivity contribution in [1.82, 2.24) is 15.1 Å². The SMILES string of the molecule is CCS(=O)(=O)c1ccc([C@@H](C)NC(=O)c2ccnn2C)cc1. The molecule has 118 valence electrons. The van der Waals surface area contributed by atoms with Gasteiger partial charge in [-0.05, 0) is 30.7 Å². The summed E-state index contributed by atoms with van der Waals surface area (Å²) in [6.07, 6.45) is 1.56. The minimum atomic E-state index is -3.20. The molecule has 0 saturated carbocycles. The largest absolute Gasteiger partial charge is 0.344 e. The van der Waals surface area contributed by atoms with Crippen LogP contribution in [0.1, 0.15) is 35.9 Å². The van der Waals surface area contributed by atoms with Crippen LogP contribution < -0.4 is 5.32 Å². The van der Waals surface area contributed by atoms with E-state index in [-0.39, 0.29) is 17.7 Å². The predicted molar refractivity (Wildman–Crippen MR) is 83.3 cm³/mol. The number of rotatable bonds is 5. The molecule has 0 aliphatic carbocycles. The van der Waals surface area contributed by atoms with E-state index in [1.54, 1.807) is 50.5 Å². The van der Waals surface area contributed by atoms with Gasteiger partial charge >= 0.3 is 0 Å². The molecule has 1 N–H and O–H groups in total. The van der Waals surface area contributed by atoms with Crippen LogP contribution in [0.4, 0.5) is 0 Å². The molecular formula is C15H19N3O3S. The molecular weight excluding hydrogens is 302 g/mol. The van der Waals surface area contributed by atoms with Crippen LogP contribution in [-0.2, 0) is 16.9 Å². The Bertz CT molecular complexity index is 764. The van der Waals surface area contributed by atoms with Gasteiger partial charge in [0, 0.05) is 13.2 Å². The van der Waals surface area contributed by atoms with Gasteiger partial charge in [-0.3, -0.25) is 9.48 Å². The number of amides is 1. The second kappa shape index (κ2) is 6.31. The average Bonchev–Trinajstić information content (AvgIpc) is 2.93. The molecule has 0 aliphatic rings. The molecule has 0 spiro atoms. The van der Waals surface area contributed by atoms with Crippen LogP contribution in [0, 0.1) is 0 Å². The van der Waals surface area contributed by atoms with Gasteiger partial charge < -0.3 is 5.32 Å². The summed E-state index contributed by atoms with van der Waals surface area (Å²) in [5.41, 5.74) is 1.31. The third-order valence-electron chi connectivity index (χ3n) is 3.52. The van der Waals surface area contributed by atoms with Crippen LogP contribution >= 0.6 is 0 Å². The fourth-order valence-electron chi connectivity index (χ4n) is 2.08. The lowest BCUT2D eigenvalue weighted by atomic mass is 10.1. The summed E-state index contributed by atoms with van der Waals surface area (Å²) in [6, 6.07) is 7.98. The van der Waals surface area contributed by atoms with E-state index in [1.165, 1.54) is 4.68 Å². The number of aromatic nitrogens is 2. The van der Waals surface area contributed by atoms with Crippen molar-refractivity contribution in [2.75, 3.05) is 5.75 Å². The Morgan fingerprint density at radius 3 is 2.41 bits per heavy atom. The van der Waals surface area contributed by atoms with E-state index in [9.17, 15) is 13.2 Å². The molecule has 1 amide bonds. The normalized spacial score (nSPS) is 12.9. The van der Waals surface area contributed by atoms with E-state index in [2.05, 4.69) is 10.4 Å². The van der Waals surface area contributed by atoms with E-state index in [1.807, 2.05) is 6.92 Å². The van der Waals surface area contributed by atoms with Gasteiger partial charge in [0.05, 0.1) is 16.7 Å². The summed E-state index contributed by atoms with van der Waals surface area (Å²) in [5.74, 6) is -0.156. The van der Waals surface area contributed by atoms with Gasteiger partial charge in [0.2, 0.25) is 0 Å². The molecule has 2 aromatic rings. The molecule has 0 unspecified atom stereocenters. The molecule has 2 rings (SSSR count). The second-order valence-corrected chi connectivity index (χ2v) is 7.29. The maximum atomic E-state index is 12.1. The topological polar surface area (TPSA) is 81.1 Å². The number of sulfone groups is 1. The number of benzene rings is 1. The quantitative estimate of drug-likeness (QED) is 0.909. The van der Waals surface area contributed by atoms with Crippen LogP contribution in [-0.4, -0.2) is 29.9 Å². The number of aryl methyl sites for hydroxylation is 1. The Hall–Kier alpha value is -2.15. The Kier molecular flexibility index (Phi) is 4.65. The van der Waals surface area contributed by atoms with Crippen molar-refractivity contribution in [2.24, 2.45) is 7.05 Å². The van der Waals surface area contributed by atoms with Gasteiger partial charge in [-0.15, -0.1) is 0 Å². The zero-order valence-corrected chi connectivity index (χ0v) is 13.6. The summed E-state index contributed by atoms with van der Waals surface area (Å²) in [6.45, 7) is 3.46. The highest BCUT2D eigenvalue weighted by molar-refractivity contribution is 7.91. The first-order valence-electron chi connectivity index (χ1n) is 6.96. The Morgan fingerprint density at radius 2 is 1.91 bits per heavy atom. The minimum Gasteiger partial charge on any atom is -0.344 e. The predicted octanol–water partition coefficient (Wildman–Crippen LogP) is 1.70. The van der Waals surface area contributed by atoms with Crippen molar-refractivity contribution < 1.29 is 13.2 Å². The first-order valence-corrected chi connectivity index (χ1v) is 8.62. The van der Waals surface area contributed by atoms with Crippen LogP contribution in [0.3, 0.4) is 0 Å². The summed E-state index contributed by atoms with van der Waals surface area (Å²) in [7, 11) is -1.51. The van der Waals surface area contributed by atoms with Crippen molar-refractivity contribution in [2.45, 2.75) is 24.8 Å². The molecule has 1 aromatic heterocycles. The maximum absolute atomic E-state index is 12.1. The lowest BCUT2D eigenvalue weighted by molar-refractivity contribution is 0.0930. The number of hydrogen-bond donors (Lipinski definition) is 1. The molecule has 22 heavy (non-hydrogen) atoms. The molecule has 1 heterocycles. The number of carbonyl (C=O) groups excluding carboxylic acids is 1. The molecule has 0 aliphatic heterocycles. The summed E-state index contributed by atoms with van der Waals surface area (Å²) >= 11 is 0. The monoisotopic (exact) mass is 321 g/mol. The third kappa shape index (κ3) is 3.36. The molecule has 0 bridgehead atoms.